The first-order chi connectivity index (χ1) is 8.59. The second kappa shape index (κ2) is 7.04. The summed E-state index contributed by atoms with van der Waals surface area (Å²) < 4.78 is 0. The topological polar surface area (TPSA) is 0 Å². The maximum atomic E-state index is 2.51. The second-order valence-corrected chi connectivity index (χ2v) is 13.2. The maximum absolute atomic E-state index is 2.51. The largest absolute Gasteiger partial charge is 0.101 e. The Morgan fingerprint density at radius 3 is 1.17 bits per heavy atom. The molecule has 2 fully saturated rings. The lowest BCUT2D eigenvalue weighted by Gasteiger charge is -2.23. The molecule has 2 saturated heterocycles. The molecule has 0 unspecified atom stereocenters. The fraction of sp³-hybridized carbons (Fsp3) is 1.00. The van der Waals surface area contributed by atoms with E-state index < -0.39 is 0 Å². The average molecular weight is 286 g/mol. The van der Waals surface area contributed by atoms with E-state index in [1.165, 1.54) is 25.7 Å². The molecule has 0 saturated carbocycles. The predicted molar refractivity (Wildman–Crippen MR) is 89.1 cm³/mol. The standard InChI is InChI=1S/C16H32P2/c1-13-7-8-14(2)17(13)11-5-6-12-18-15(3)9-10-16(18)4/h13-16H,5-12H2,1-4H3/t13-,14-,15-,16-/m0/s1. The molecule has 0 radical (unpaired) electrons. The summed E-state index contributed by atoms with van der Waals surface area (Å²) in [6.45, 7) is 10.1. The van der Waals surface area contributed by atoms with Gasteiger partial charge in [-0.25, -0.2) is 0 Å². The van der Waals surface area contributed by atoms with Gasteiger partial charge in [-0.15, -0.1) is 15.8 Å². The lowest BCUT2D eigenvalue weighted by Crippen LogP contribution is -2.04. The lowest BCUT2D eigenvalue weighted by molar-refractivity contribution is 0.777. The molecule has 18 heavy (non-hydrogen) atoms. The van der Waals surface area contributed by atoms with Crippen LogP contribution in [0, 0.1) is 0 Å². The Bertz CT molecular complexity index is 207. The SMILES string of the molecule is C[C@H]1CC[C@H](C)P1CCCCP1[C@@H](C)CC[C@@H]1C. The zero-order valence-electron chi connectivity index (χ0n) is 12.9. The Kier molecular flexibility index (Phi) is 5.96. The third-order valence-electron chi connectivity index (χ3n) is 5.35. The van der Waals surface area contributed by atoms with Crippen LogP contribution in [0.4, 0.5) is 0 Å². The van der Waals surface area contributed by atoms with Gasteiger partial charge in [-0.2, -0.15) is 0 Å². The van der Waals surface area contributed by atoms with E-state index in [1.54, 1.807) is 25.2 Å². The third kappa shape index (κ3) is 3.70. The summed E-state index contributed by atoms with van der Waals surface area (Å²) in [4.78, 5) is 0. The van der Waals surface area contributed by atoms with Crippen molar-refractivity contribution < 1.29 is 0 Å². The molecule has 2 aliphatic heterocycles. The summed E-state index contributed by atoms with van der Waals surface area (Å²) in [6, 6.07) is 0. The minimum absolute atomic E-state index is 0.394. The zero-order valence-corrected chi connectivity index (χ0v) is 14.6. The van der Waals surface area contributed by atoms with Crippen molar-refractivity contribution in [1.82, 2.24) is 0 Å². The van der Waals surface area contributed by atoms with Crippen LogP contribution in [0.3, 0.4) is 0 Å². The molecule has 106 valence electrons. The second-order valence-electron chi connectivity index (χ2n) is 6.73. The van der Waals surface area contributed by atoms with Gasteiger partial charge in [0.25, 0.3) is 0 Å². The summed E-state index contributed by atoms with van der Waals surface area (Å²) in [5, 5.41) is 0. The molecule has 0 spiro atoms. The van der Waals surface area contributed by atoms with Gasteiger partial charge in [0.1, 0.15) is 0 Å². The molecule has 0 aromatic heterocycles. The Balaban J connectivity index is 1.64. The first kappa shape index (κ1) is 15.3. The molecule has 0 amide bonds. The molecular formula is C16H32P2. The monoisotopic (exact) mass is 286 g/mol. The van der Waals surface area contributed by atoms with Crippen molar-refractivity contribution in [3.63, 3.8) is 0 Å². The molecule has 2 heterocycles. The molecule has 0 aliphatic carbocycles. The summed E-state index contributed by atoms with van der Waals surface area (Å²) >= 11 is 0. The van der Waals surface area contributed by atoms with Crippen LogP contribution >= 0.6 is 15.8 Å². The van der Waals surface area contributed by atoms with E-state index in [-0.39, 0.29) is 0 Å². The first-order valence-corrected chi connectivity index (χ1v) is 11.4. The lowest BCUT2D eigenvalue weighted by atomic mass is 10.2. The van der Waals surface area contributed by atoms with Gasteiger partial charge in [0.2, 0.25) is 0 Å². The Hall–Kier alpha value is 0.860. The molecule has 2 rings (SSSR count). The highest BCUT2D eigenvalue weighted by atomic mass is 31.1. The van der Waals surface area contributed by atoms with Crippen LogP contribution in [0.1, 0.15) is 66.2 Å². The van der Waals surface area contributed by atoms with Gasteiger partial charge in [-0.3, -0.25) is 0 Å². The van der Waals surface area contributed by atoms with Crippen molar-refractivity contribution in [2.24, 2.45) is 0 Å². The van der Waals surface area contributed by atoms with E-state index in [1.807, 2.05) is 0 Å². The molecule has 2 aliphatic rings. The van der Waals surface area contributed by atoms with E-state index in [0.717, 1.165) is 22.6 Å². The molecule has 0 aromatic rings. The third-order valence-corrected chi connectivity index (χ3v) is 12.6. The van der Waals surface area contributed by atoms with Crippen molar-refractivity contribution in [2.45, 2.75) is 88.9 Å². The van der Waals surface area contributed by atoms with Crippen LogP contribution < -0.4 is 0 Å². The van der Waals surface area contributed by atoms with Gasteiger partial charge in [0.15, 0.2) is 0 Å². The zero-order chi connectivity index (χ0) is 13.1. The summed E-state index contributed by atoms with van der Waals surface area (Å²) in [7, 11) is 0.787. The summed E-state index contributed by atoms with van der Waals surface area (Å²) in [6.07, 6.45) is 12.3. The van der Waals surface area contributed by atoms with E-state index in [4.69, 9.17) is 0 Å². The minimum atomic E-state index is 0.394. The van der Waals surface area contributed by atoms with Gasteiger partial charge in [-0.05, 0) is 73.5 Å². The highest BCUT2D eigenvalue weighted by Gasteiger charge is 2.30. The molecule has 0 aromatic carbocycles. The molecule has 0 bridgehead atoms. The van der Waals surface area contributed by atoms with Crippen molar-refractivity contribution in [1.29, 1.82) is 0 Å². The Morgan fingerprint density at radius 2 is 0.889 bits per heavy atom. The number of unbranched alkanes of at least 4 members (excludes halogenated alkanes) is 1. The molecule has 2 heteroatoms. The van der Waals surface area contributed by atoms with Crippen LogP contribution in [-0.4, -0.2) is 35.0 Å². The number of rotatable bonds is 5. The highest BCUT2D eigenvalue weighted by molar-refractivity contribution is 7.59. The quantitative estimate of drug-likeness (QED) is 0.438. The molecule has 4 atom stereocenters. The van der Waals surface area contributed by atoms with Crippen molar-refractivity contribution >= 4 is 15.8 Å². The van der Waals surface area contributed by atoms with Crippen molar-refractivity contribution in [2.75, 3.05) is 12.3 Å². The van der Waals surface area contributed by atoms with Gasteiger partial charge in [0.05, 0.1) is 0 Å². The van der Waals surface area contributed by atoms with Gasteiger partial charge < -0.3 is 0 Å². The predicted octanol–water partition coefficient (Wildman–Crippen LogP) is 5.87. The van der Waals surface area contributed by atoms with E-state index in [0.29, 0.717) is 15.8 Å². The first-order valence-electron chi connectivity index (χ1n) is 8.11. The summed E-state index contributed by atoms with van der Waals surface area (Å²) in [5.41, 5.74) is 4.30. The Morgan fingerprint density at radius 1 is 0.611 bits per heavy atom. The van der Waals surface area contributed by atoms with Gasteiger partial charge >= 0.3 is 0 Å². The molecular weight excluding hydrogens is 254 g/mol. The number of hydrogen-bond donors (Lipinski definition) is 0. The van der Waals surface area contributed by atoms with Crippen molar-refractivity contribution in [3.05, 3.63) is 0 Å². The van der Waals surface area contributed by atoms with Crippen LogP contribution in [0.5, 0.6) is 0 Å². The molecule has 0 nitrogen and oxygen atoms in total. The average Bonchev–Trinajstić information content (AvgIpc) is 2.82. The fourth-order valence-electron chi connectivity index (χ4n) is 3.97. The maximum Gasteiger partial charge on any atom is -0.0235 e. The Labute approximate surface area is 117 Å². The van der Waals surface area contributed by atoms with Crippen molar-refractivity contribution in [3.8, 4) is 0 Å². The van der Waals surface area contributed by atoms with E-state index in [9.17, 15) is 0 Å². The minimum Gasteiger partial charge on any atom is -0.101 e. The normalized spacial score (nSPS) is 38.7. The van der Waals surface area contributed by atoms with Crippen LogP contribution in [0.2, 0.25) is 0 Å². The number of hydrogen-bond acceptors (Lipinski definition) is 0. The smallest absolute Gasteiger partial charge is 0.0235 e. The van der Waals surface area contributed by atoms with Crippen LogP contribution in [-0.2, 0) is 0 Å². The summed E-state index contributed by atoms with van der Waals surface area (Å²) in [5.74, 6) is 0. The van der Waals surface area contributed by atoms with Gasteiger partial charge in [-0.1, -0.05) is 27.7 Å². The van der Waals surface area contributed by atoms with E-state index >= 15 is 0 Å². The molecule has 0 N–H and O–H groups in total. The highest BCUT2D eigenvalue weighted by Crippen LogP contribution is 2.57. The van der Waals surface area contributed by atoms with Crippen LogP contribution in [0.15, 0.2) is 0 Å². The van der Waals surface area contributed by atoms with E-state index in [2.05, 4.69) is 27.7 Å². The van der Waals surface area contributed by atoms with Gasteiger partial charge in [0, 0.05) is 0 Å². The fourth-order valence-corrected chi connectivity index (χ4v) is 10.6. The van der Waals surface area contributed by atoms with Crippen LogP contribution in [0.25, 0.3) is 0 Å².